The Morgan fingerprint density at radius 1 is 0.692 bits per heavy atom. The fourth-order valence-corrected chi connectivity index (χ4v) is 5.52. The van der Waals surface area contributed by atoms with Gasteiger partial charge in [0, 0.05) is 26.2 Å². The van der Waals surface area contributed by atoms with Gasteiger partial charge in [-0.25, -0.2) is 0 Å². The Hall–Kier alpha value is -2.76. The van der Waals surface area contributed by atoms with Crippen LogP contribution in [0.2, 0.25) is 0 Å². The van der Waals surface area contributed by atoms with Gasteiger partial charge in [0.05, 0.1) is 11.1 Å². The van der Waals surface area contributed by atoms with E-state index in [1.165, 1.54) is 4.90 Å². The smallest absolute Gasteiger partial charge is 0.262 e. The molecule has 26 heavy (non-hydrogen) atoms. The molecule has 2 aromatic carbocycles. The summed E-state index contributed by atoms with van der Waals surface area (Å²) in [6, 6.07) is 20.1. The average molecular weight is 375 g/mol. The predicted molar refractivity (Wildman–Crippen MR) is 108 cm³/mol. The summed E-state index contributed by atoms with van der Waals surface area (Å²) in [7, 11) is 1.55. The zero-order valence-corrected chi connectivity index (χ0v) is 15.5. The van der Waals surface area contributed by atoms with Crippen molar-refractivity contribution in [1.82, 2.24) is 4.90 Å². The van der Waals surface area contributed by atoms with Crippen molar-refractivity contribution in [3.63, 3.8) is 0 Å². The van der Waals surface area contributed by atoms with Crippen LogP contribution in [0.4, 0.5) is 0 Å². The van der Waals surface area contributed by atoms with Gasteiger partial charge in [-0.15, -0.1) is 22.7 Å². The van der Waals surface area contributed by atoms with E-state index in [0.717, 1.165) is 29.9 Å². The van der Waals surface area contributed by atoms with Gasteiger partial charge in [0.2, 0.25) is 0 Å². The lowest BCUT2D eigenvalue weighted by Gasteiger charge is -2.05. The summed E-state index contributed by atoms with van der Waals surface area (Å²) >= 11 is 3.11. The van der Waals surface area contributed by atoms with Crippen molar-refractivity contribution >= 4 is 65.8 Å². The Kier molecular flexibility index (Phi) is 3.35. The summed E-state index contributed by atoms with van der Waals surface area (Å²) in [5.41, 5.74) is 1.04. The molecule has 1 aliphatic heterocycles. The van der Waals surface area contributed by atoms with Crippen LogP contribution in [0, 0.1) is 0 Å². The van der Waals surface area contributed by atoms with Gasteiger partial charge >= 0.3 is 0 Å². The minimum absolute atomic E-state index is 0.228. The number of rotatable bonds is 2. The van der Waals surface area contributed by atoms with E-state index >= 15 is 0 Å². The number of hydrogen-bond donors (Lipinski definition) is 0. The molecule has 2 aromatic heterocycles. The van der Waals surface area contributed by atoms with Gasteiger partial charge in [-0.05, 0) is 35.0 Å². The van der Waals surface area contributed by atoms with E-state index in [0.29, 0.717) is 11.1 Å². The molecule has 4 aromatic rings. The Balaban J connectivity index is 1.79. The van der Waals surface area contributed by atoms with Crippen molar-refractivity contribution in [2.24, 2.45) is 0 Å². The molecule has 5 rings (SSSR count). The molecule has 0 bridgehead atoms. The molecule has 2 amide bonds. The van der Waals surface area contributed by atoms with Crippen LogP contribution in [0.25, 0.3) is 31.3 Å². The van der Waals surface area contributed by atoms with E-state index < -0.39 is 0 Å². The molecule has 1 aliphatic rings. The van der Waals surface area contributed by atoms with E-state index in [1.54, 1.807) is 29.7 Å². The molecular formula is C21H13NO2S2. The monoisotopic (exact) mass is 375 g/mol. The van der Waals surface area contributed by atoms with Crippen molar-refractivity contribution in [1.29, 1.82) is 0 Å². The molecule has 126 valence electrons. The largest absolute Gasteiger partial charge is 0.277 e. The number of nitrogens with zero attached hydrogens (tertiary/aromatic N) is 1. The maximum Gasteiger partial charge on any atom is 0.262 e. The Morgan fingerprint density at radius 2 is 1.12 bits per heavy atom. The molecule has 0 radical (unpaired) electrons. The first-order chi connectivity index (χ1) is 12.6. The summed E-state index contributed by atoms with van der Waals surface area (Å²) in [6.45, 7) is 0. The summed E-state index contributed by atoms with van der Waals surface area (Å²) < 4.78 is 2.22. The highest BCUT2D eigenvalue weighted by Crippen LogP contribution is 2.42. The van der Waals surface area contributed by atoms with Crippen molar-refractivity contribution in [2.45, 2.75) is 0 Å². The van der Waals surface area contributed by atoms with Gasteiger partial charge in [0.15, 0.2) is 0 Å². The van der Waals surface area contributed by atoms with E-state index in [4.69, 9.17) is 0 Å². The van der Waals surface area contributed by atoms with E-state index in [9.17, 15) is 9.59 Å². The molecule has 3 heterocycles. The normalized spacial score (nSPS) is 15.0. The maximum atomic E-state index is 12.9. The van der Waals surface area contributed by atoms with Crippen LogP contribution in [0.15, 0.2) is 60.7 Å². The third-order valence-corrected chi connectivity index (χ3v) is 6.90. The van der Waals surface area contributed by atoms with Crippen molar-refractivity contribution in [3.8, 4) is 0 Å². The number of imide groups is 1. The maximum absolute atomic E-state index is 12.9. The molecule has 0 fully saturated rings. The quantitative estimate of drug-likeness (QED) is 0.461. The van der Waals surface area contributed by atoms with Crippen LogP contribution in [0.5, 0.6) is 0 Å². The molecule has 5 heteroatoms. The van der Waals surface area contributed by atoms with Crippen LogP contribution < -0.4 is 0 Å². The molecule has 0 unspecified atom stereocenters. The first-order valence-corrected chi connectivity index (χ1v) is 9.81. The number of amides is 2. The second-order valence-electron chi connectivity index (χ2n) is 6.22. The van der Waals surface area contributed by atoms with E-state index in [-0.39, 0.29) is 11.8 Å². The fraction of sp³-hybridized carbons (Fsp3) is 0.0476. The first kappa shape index (κ1) is 15.5. The standard InChI is InChI=1S/C21H13NO2S2/c1-22-20(23)18(16-10-12-6-2-4-8-14(12)25-16)19(21(22)24)17-11-13-7-3-5-9-15(13)26-17/h2-11H,1H3. The second-order valence-corrected chi connectivity index (χ2v) is 8.38. The first-order valence-electron chi connectivity index (χ1n) is 8.18. The minimum Gasteiger partial charge on any atom is -0.277 e. The zero-order valence-electron chi connectivity index (χ0n) is 13.9. The van der Waals surface area contributed by atoms with Gasteiger partial charge in [-0.3, -0.25) is 14.5 Å². The number of fused-ring (bicyclic) bond motifs is 2. The number of carbonyl (C=O) groups is 2. The Labute approximate surface area is 157 Å². The van der Waals surface area contributed by atoms with Gasteiger partial charge in [0.25, 0.3) is 11.8 Å². The molecule has 0 saturated carbocycles. The van der Waals surface area contributed by atoms with Gasteiger partial charge in [0.1, 0.15) is 0 Å². The van der Waals surface area contributed by atoms with Crippen LogP contribution in [-0.2, 0) is 9.59 Å². The summed E-state index contributed by atoms with van der Waals surface area (Å²) in [6.07, 6.45) is 0. The average Bonchev–Trinajstić information content (AvgIpc) is 3.32. The molecule has 0 N–H and O–H groups in total. The zero-order chi connectivity index (χ0) is 17.8. The fourth-order valence-electron chi connectivity index (χ4n) is 3.31. The molecule has 0 atom stereocenters. The van der Waals surface area contributed by atoms with Crippen LogP contribution in [0.1, 0.15) is 9.75 Å². The van der Waals surface area contributed by atoms with Gasteiger partial charge < -0.3 is 0 Å². The third kappa shape index (κ3) is 2.18. The van der Waals surface area contributed by atoms with Gasteiger partial charge in [-0.1, -0.05) is 36.4 Å². The number of likely N-dealkylation sites (N-methyl/N-ethyl adjacent to an activating group) is 1. The molecule has 0 saturated heterocycles. The highest BCUT2D eigenvalue weighted by molar-refractivity contribution is 7.21. The summed E-state index contributed by atoms with van der Waals surface area (Å²) in [4.78, 5) is 28.6. The second kappa shape index (κ2) is 5.62. The van der Waals surface area contributed by atoms with Gasteiger partial charge in [-0.2, -0.15) is 0 Å². The molecule has 0 aliphatic carbocycles. The molecular weight excluding hydrogens is 362 g/mol. The predicted octanol–water partition coefficient (Wildman–Crippen LogP) is 5.03. The number of carbonyl (C=O) groups excluding carboxylic acids is 2. The minimum atomic E-state index is -0.228. The molecule has 3 nitrogen and oxygen atoms in total. The summed E-state index contributed by atoms with van der Waals surface area (Å²) in [5, 5.41) is 2.18. The lowest BCUT2D eigenvalue weighted by atomic mass is 10.1. The molecule has 0 spiro atoms. The third-order valence-electron chi connectivity index (χ3n) is 4.63. The van der Waals surface area contributed by atoms with E-state index in [1.807, 2.05) is 60.7 Å². The van der Waals surface area contributed by atoms with Crippen LogP contribution >= 0.6 is 22.7 Å². The SMILES string of the molecule is CN1C(=O)C(c2cc3ccccc3s2)=C(c2cc3ccccc3s2)C1=O. The van der Waals surface area contributed by atoms with E-state index in [2.05, 4.69) is 0 Å². The number of benzene rings is 2. The topological polar surface area (TPSA) is 37.4 Å². The Bertz CT molecular complexity index is 1080. The van der Waals surface area contributed by atoms with Crippen molar-refractivity contribution < 1.29 is 9.59 Å². The highest BCUT2D eigenvalue weighted by Gasteiger charge is 2.38. The van der Waals surface area contributed by atoms with Crippen LogP contribution in [0.3, 0.4) is 0 Å². The van der Waals surface area contributed by atoms with Crippen molar-refractivity contribution in [2.75, 3.05) is 7.05 Å². The number of hydrogen-bond acceptors (Lipinski definition) is 4. The Morgan fingerprint density at radius 3 is 1.54 bits per heavy atom. The van der Waals surface area contributed by atoms with Crippen molar-refractivity contribution in [3.05, 3.63) is 70.4 Å². The summed E-state index contributed by atoms with van der Waals surface area (Å²) in [5.74, 6) is -0.456. The number of thiophene rings is 2. The lowest BCUT2D eigenvalue weighted by Crippen LogP contribution is -2.26. The highest BCUT2D eigenvalue weighted by atomic mass is 32.1. The van der Waals surface area contributed by atoms with Crippen LogP contribution in [-0.4, -0.2) is 23.8 Å². The lowest BCUT2D eigenvalue weighted by molar-refractivity contribution is -0.134.